The quantitative estimate of drug-likeness (QED) is 0.673. The molecule has 0 bridgehead atoms. The molecule has 18 heavy (non-hydrogen) atoms. The molecule has 0 aliphatic carbocycles. The number of carbonyl (C=O) groups is 1. The predicted molar refractivity (Wildman–Crippen MR) is 73.6 cm³/mol. The molecule has 1 aliphatic heterocycles. The predicted octanol–water partition coefficient (Wildman–Crippen LogP) is 1.79. The van der Waals surface area contributed by atoms with Crippen molar-refractivity contribution in [2.24, 2.45) is 0 Å². The first-order chi connectivity index (χ1) is 8.79. The number of hydrogen-bond acceptors (Lipinski definition) is 3. The highest BCUT2D eigenvalue weighted by Crippen LogP contribution is 2.13. The molecule has 0 aromatic rings. The second kappa shape index (κ2) is 9.34. The van der Waals surface area contributed by atoms with Crippen LogP contribution in [0.25, 0.3) is 0 Å². The number of piperidine rings is 1. The minimum Gasteiger partial charge on any atom is -0.382 e. The number of rotatable bonds is 8. The Kier molecular flexibility index (Phi) is 8.01. The van der Waals surface area contributed by atoms with Crippen LogP contribution in [0.2, 0.25) is 0 Å². The standard InChI is InChI=1S/C14H28N2O2/c1-3-10-16(13-7-5-9-15-12-13)14(17)8-6-11-18-4-2/h13,15H,3-12H2,1-2H3. The molecule has 1 N–H and O–H groups in total. The topological polar surface area (TPSA) is 41.6 Å². The van der Waals surface area contributed by atoms with Gasteiger partial charge in [-0.3, -0.25) is 4.79 Å². The van der Waals surface area contributed by atoms with Crippen molar-refractivity contribution >= 4 is 5.91 Å². The highest BCUT2D eigenvalue weighted by Gasteiger charge is 2.23. The first-order valence-electron chi connectivity index (χ1n) is 7.37. The molecule has 1 saturated heterocycles. The van der Waals surface area contributed by atoms with Gasteiger partial charge in [-0.15, -0.1) is 0 Å². The van der Waals surface area contributed by atoms with Crippen molar-refractivity contribution < 1.29 is 9.53 Å². The number of nitrogens with zero attached hydrogens (tertiary/aromatic N) is 1. The van der Waals surface area contributed by atoms with Gasteiger partial charge in [0.25, 0.3) is 0 Å². The Balaban J connectivity index is 2.36. The van der Waals surface area contributed by atoms with Crippen LogP contribution in [0.4, 0.5) is 0 Å². The zero-order valence-corrected chi connectivity index (χ0v) is 11.9. The lowest BCUT2D eigenvalue weighted by molar-refractivity contribution is -0.134. The van der Waals surface area contributed by atoms with Crippen LogP contribution in [0.5, 0.6) is 0 Å². The van der Waals surface area contributed by atoms with Gasteiger partial charge in [0.2, 0.25) is 5.91 Å². The molecule has 0 saturated carbocycles. The van der Waals surface area contributed by atoms with E-state index in [0.717, 1.165) is 45.5 Å². The van der Waals surface area contributed by atoms with Crippen LogP contribution in [0, 0.1) is 0 Å². The van der Waals surface area contributed by atoms with Gasteiger partial charge in [-0.25, -0.2) is 0 Å². The fourth-order valence-corrected chi connectivity index (χ4v) is 2.46. The Labute approximate surface area is 111 Å². The summed E-state index contributed by atoms with van der Waals surface area (Å²) in [5.74, 6) is 0.297. The third-order valence-electron chi connectivity index (χ3n) is 3.38. The minimum atomic E-state index is 0.297. The average molecular weight is 256 g/mol. The molecule has 0 spiro atoms. The smallest absolute Gasteiger partial charge is 0.222 e. The van der Waals surface area contributed by atoms with Gasteiger partial charge < -0.3 is 15.0 Å². The van der Waals surface area contributed by atoms with Gasteiger partial charge in [0.15, 0.2) is 0 Å². The van der Waals surface area contributed by atoms with Gasteiger partial charge in [-0.1, -0.05) is 6.92 Å². The molecule has 1 fully saturated rings. The van der Waals surface area contributed by atoms with Crippen LogP contribution in [0.1, 0.15) is 46.0 Å². The fraction of sp³-hybridized carbons (Fsp3) is 0.929. The Morgan fingerprint density at radius 1 is 1.44 bits per heavy atom. The largest absolute Gasteiger partial charge is 0.382 e. The van der Waals surface area contributed by atoms with Gasteiger partial charge in [-0.05, 0) is 39.2 Å². The van der Waals surface area contributed by atoms with Crippen LogP contribution in [0.3, 0.4) is 0 Å². The third-order valence-corrected chi connectivity index (χ3v) is 3.38. The van der Waals surface area contributed by atoms with Crippen LogP contribution < -0.4 is 5.32 Å². The second-order valence-electron chi connectivity index (χ2n) is 4.89. The van der Waals surface area contributed by atoms with Gasteiger partial charge in [0, 0.05) is 38.8 Å². The van der Waals surface area contributed by atoms with Crippen molar-refractivity contribution in [3.05, 3.63) is 0 Å². The van der Waals surface area contributed by atoms with Crippen molar-refractivity contribution in [1.29, 1.82) is 0 Å². The van der Waals surface area contributed by atoms with Gasteiger partial charge in [0.1, 0.15) is 0 Å². The molecular weight excluding hydrogens is 228 g/mol. The van der Waals surface area contributed by atoms with Crippen molar-refractivity contribution in [3.63, 3.8) is 0 Å². The highest BCUT2D eigenvalue weighted by atomic mass is 16.5. The molecular formula is C14H28N2O2. The molecule has 4 heteroatoms. The van der Waals surface area contributed by atoms with E-state index >= 15 is 0 Å². The lowest BCUT2D eigenvalue weighted by Crippen LogP contribution is -2.49. The van der Waals surface area contributed by atoms with Crippen LogP contribution in [-0.2, 0) is 9.53 Å². The molecule has 4 nitrogen and oxygen atoms in total. The molecule has 1 heterocycles. The molecule has 1 atom stereocenters. The SMILES string of the molecule is CCCN(C(=O)CCCOCC)C1CCCNC1. The number of hydrogen-bond donors (Lipinski definition) is 1. The Bertz CT molecular complexity index is 228. The lowest BCUT2D eigenvalue weighted by atomic mass is 10.0. The van der Waals surface area contributed by atoms with Crippen molar-refractivity contribution in [2.75, 3.05) is 32.8 Å². The zero-order valence-electron chi connectivity index (χ0n) is 11.9. The van der Waals surface area contributed by atoms with E-state index in [2.05, 4.69) is 17.1 Å². The first kappa shape index (κ1) is 15.4. The van der Waals surface area contributed by atoms with Crippen molar-refractivity contribution in [1.82, 2.24) is 10.2 Å². The van der Waals surface area contributed by atoms with Crippen LogP contribution in [-0.4, -0.2) is 49.7 Å². The Hall–Kier alpha value is -0.610. The van der Waals surface area contributed by atoms with E-state index in [1.165, 1.54) is 6.42 Å². The zero-order chi connectivity index (χ0) is 13.2. The number of carbonyl (C=O) groups excluding carboxylic acids is 1. The van der Waals surface area contributed by atoms with E-state index < -0.39 is 0 Å². The van der Waals surface area contributed by atoms with Crippen molar-refractivity contribution in [3.8, 4) is 0 Å². The molecule has 1 unspecified atom stereocenters. The maximum absolute atomic E-state index is 12.2. The van der Waals surface area contributed by atoms with Gasteiger partial charge in [-0.2, -0.15) is 0 Å². The summed E-state index contributed by atoms with van der Waals surface area (Å²) in [7, 11) is 0. The maximum atomic E-state index is 12.2. The normalized spacial score (nSPS) is 19.8. The third kappa shape index (κ3) is 5.36. The molecule has 0 aromatic carbocycles. The number of nitrogens with one attached hydrogen (secondary N) is 1. The van der Waals surface area contributed by atoms with E-state index in [0.29, 0.717) is 25.0 Å². The summed E-state index contributed by atoms with van der Waals surface area (Å²) in [6, 6.07) is 0.401. The van der Waals surface area contributed by atoms with Crippen LogP contribution in [0.15, 0.2) is 0 Å². The second-order valence-corrected chi connectivity index (χ2v) is 4.89. The Morgan fingerprint density at radius 3 is 2.89 bits per heavy atom. The maximum Gasteiger partial charge on any atom is 0.222 e. The lowest BCUT2D eigenvalue weighted by Gasteiger charge is -2.34. The molecule has 1 aliphatic rings. The molecule has 1 amide bonds. The summed E-state index contributed by atoms with van der Waals surface area (Å²) in [6.45, 7) is 8.49. The van der Waals surface area contributed by atoms with E-state index in [-0.39, 0.29) is 0 Å². The van der Waals surface area contributed by atoms with Crippen LogP contribution >= 0.6 is 0 Å². The van der Waals surface area contributed by atoms with E-state index in [1.807, 2.05) is 6.92 Å². The minimum absolute atomic E-state index is 0.297. The summed E-state index contributed by atoms with van der Waals surface area (Å²) in [6.07, 6.45) is 4.82. The first-order valence-corrected chi connectivity index (χ1v) is 7.37. The van der Waals surface area contributed by atoms with E-state index in [1.54, 1.807) is 0 Å². The molecule has 0 aromatic heterocycles. The summed E-state index contributed by atoms with van der Waals surface area (Å²) in [5, 5.41) is 3.39. The highest BCUT2D eigenvalue weighted by molar-refractivity contribution is 5.76. The monoisotopic (exact) mass is 256 g/mol. The summed E-state index contributed by atoms with van der Waals surface area (Å²) in [5.41, 5.74) is 0. The fourth-order valence-electron chi connectivity index (χ4n) is 2.46. The number of amides is 1. The Morgan fingerprint density at radius 2 is 2.28 bits per heavy atom. The van der Waals surface area contributed by atoms with E-state index in [9.17, 15) is 4.79 Å². The van der Waals surface area contributed by atoms with Gasteiger partial charge in [0.05, 0.1) is 0 Å². The summed E-state index contributed by atoms with van der Waals surface area (Å²) < 4.78 is 5.29. The van der Waals surface area contributed by atoms with Crippen molar-refractivity contribution in [2.45, 2.75) is 52.0 Å². The summed E-state index contributed by atoms with van der Waals surface area (Å²) >= 11 is 0. The molecule has 0 radical (unpaired) electrons. The molecule has 106 valence electrons. The number of ether oxygens (including phenoxy) is 1. The van der Waals surface area contributed by atoms with Gasteiger partial charge >= 0.3 is 0 Å². The molecule has 1 rings (SSSR count). The summed E-state index contributed by atoms with van der Waals surface area (Å²) in [4.78, 5) is 14.3. The van der Waals surface area contributed by atoms with E-state index in [4.69, 9.17) is 4.74 Å². The average Bonchev–Trinajstić information content (AvgIpc) is 2.41.